The molecule has 2 aromatic rings. The molecular weight excluding hydrogens is 381 g/mol. The quantitative estimate of drug-likeness (QED) is 0.766. The van der Waals surface area contributed by atoms with Gasteiger partial charge in [-0.3, -0.25) is 4.79 Å². The van der Waals surface area contributed by atoms with Crippen molar-refractivity contribution in [3.05, 3.63) is 46.6 Å². The van der Waals surface area contributed by atoms with Gasteiger partial charge in [0.15, 0.2) is 11.7 Å². The van der Waals surface area contributed by atoms with Crippen LogP contribution in [0, 0.1) is 0 Å². The number of alkyl halides is 3. The average molecular weight is 401 g/mol. The summed E-state index contributed by atoms with van der Waals surface area (Å²) in [6.45, 7) is 5.28. The molecule has 27 heavy (non-hydrogen) atoms. The summed E-state index contributed by atoms with van der Waals surface area (Å²) in [5.74, 6) is -0.619. The molecule has 0 saturated heterocycles. The highest BCUT2D eigenvalue weighted by atomic mass is 35.5. The van der Waals surface area contributed by atoms with Crippen LogP contribution in [-0.4, -0.2) is 27.4 Å². The Kier molecular flexibility index (Phi) is 4.88. The molecule has 0 bridgehead atoms. The number of hydrogen-bond acceptors (Lipinski definition) is 3. The summed E-state index contributed by atoms with van der Waals surface area (Å²) in [6, 6.07) is 6.33. The van der Waals surface area contributed by atoms with E-state index < -0.39 is 29.7 Å². The van der Waals surface area contributed by atoms with Gasteiger partial charge in [-0.05, 0) is 26.3 Å². The molecule has 0 fully saturated rings. The average Bonchev–Trinajstić information content (AvgIpc) is 2.89. The zero-order valence-electron chi connectivity index (χ0n) is 15.1. The fourth-order valence-corrected chi connectivity index (χ4v) is 3.30. The number of aromatic nitrogens is 2. The summed E-state index contributed by atoms with van der Waals surface area (Å²) >= 11 is 6.26. The van der Waals surface area contributed by atoms with E-state index in [4.69, 9.17) is 11.6 Å². The first-order valence-corrected chi connectivity index (χ1v) is 8.84. The Labute approximate surface area is 159 Å². The summed E-state index contributed by atoms with van der Waals surface area (Å²) in [5.41, 5.74) is -0.0958. The fourth-order valence-electron chi connectivity index (χ4n) is 3.04. The SMILES string of the molecule is CC(C)(C)NC(=O)c1nn2c(c1Cl)N[C@H](c1ccccc1)C[C@H]2C(F)(F)F. The Morgan fingerprint density at radius 2 is 1.89 bits per heavy atom. The molecule has 9 heteroatoms. The lowest BCUT2D eigenvalue weighted by atomic mass is 9.97. The summed E-state index contributed by atoms with van der Waals surface area (Å²) < 4.78 is 41.8. The largest absolute Gasteiger partial charge is 0.410 e. The van der Waals surface area contributed by atoms with Crippen LogP contribution < -0.4 is 10.6 Å². The lowest BCUT2D eigenvalue weighted by Crippen LogP contribution is -2.41. The van der Waals surface area contributed by atoms with Gasteiger partial charge in [0.1, 0.15) is 10.8 Å². The second kappa shape index (κ2) is 6.74. The van der Waals surface area contributed by atoms with Gasteiger partial charge in [-0.1, -0.05) is 41.9 Å². The van der Waals surface area contributed by atoms with Gasteiger partial charge in [0.05, 0.1) is 6.04 Å². The van der Waals surface area contributed by atoms with Crippen molar-refractivity contribution >= 4 is 23.3 Å². The highest BCUT2D eigenvalue weighted by molar-refractivity contribution is 6.36. The number of amides is 1. The molecule has 2 N–H and O–H groups in total. The minimum Gasteiger partial charge on any atom is -0.362 e. The third-order valence-electron chi connectivity index (χ3n) is 4.20. The molecule has 1 amide bonds. The zero-order chi connectivity index (χ0) is 20.0. The van der Waals surface area contributed by atoms with Gasteiger partial charge < -0.3 is 10.6 Å². The Morgan fingerprint density at radius 1 is 1.26 bits per heavy atom. The number of halogens is 4. The van der Waals surface area contributed by atoms with Crippen LogP contribution in [0.3, 0.4) is 0 Å². The van der Waals surface area contributed by atoms with Crippen molar-refractivity contribution in [3.63, 3.8) is 0 Å². The van der Waals surface area contributed by atoms with Gasteiger partial charge in [0, 0.05) is 12.0 Å². The minimum absolute atomic E-state index is 0.00171. The molecule has 1 aromatic carbocycles. The van der Waals surface area contributed by atoms with Gasteiger partial charge in [0.2, 0.25) is 0 Å². The molecule has 2 atom stereocenters. The number of carbonyl (C=O) groups is 1. The topological polar surface area (TPSA) is 59.0 Å². The van der Waals surface area contributed by atoms with Crippen molar-refractivity contribution in [2.45, 2.75) is 51.0 Å². The monoisotopic (exact) mass is 400 g/mol. The third kappa shape index (κ3) is 4.05. The van der Waals surface area contributed by atoms with E-state index in [2.05, 4.69) is 15.7 Å². The molecule has 0 saturated carbocycles. The van der Waals surface area contributed by atoms with Crippen molar-refractivity contribution < 1.29 is 18.0 Å². The van der Waals surface area contributed by atoms with Crippen LogP contribution in [-0.2, 0) is 0 Å². The maximum atomic E-state index is 13.7. The molecular formula is C18H20ClF3N4O. The van der Waals surface area contributed by atoms with Crippen LogP contribution in [0.2, 0.25) is 5.02 Å². The summed E-state index contributed by atoms with van der Waals surface area (Å²) in [5, 5.41) is 9.47. The van der Waals surface area contributed by atoms with Crippen molar-refractivity contribution in [2.24, 2.45) is 0 Å². The molecule has 1 aromatic heterocycles. The van der Waals surface area contributed by atoms with E-state index >= 15 is 0 Å². The van der Waals surface area contributed by atoms with E-state index in [0.717, 1.165) is 4.68 Å². The van der Waals surface area contributed by atoms with Gasteiger partial charge in [0.25, 0.3) is 5.91 Å². The number of fused-ring (bicyclic) bond motifs is 1. The maximum absolute atomic E-state index is 13.7. The van der Waals surface area contributed by atoms with Crippen LogP contribution in [0.5, 0.6) is 0 Å². The van der Waals surface area contributed by atoms with Gasteiger partial charge >= 0.3 is 6.18 Å². The Bertz CT molecular complexity index is 843. The van der Waals surface area contributed by atoms with E-state index in [-0.39, 0.29) is 23.0 Å². The number of carbonyl (C=O) groups excluding carboxylic acids is 1. The lowest BCUT2D eigenvalue weighted by molar-refractivity contribution is -0.173. The molecule has 1 aliphatic heterocycles. The second-order valence-corrected chi connectivity index (χ2v) is 7.94. The minimum atomic E-state index is -4.53. The smallest absolute Gasteiger partial charge is 0.362 e. The summed E-state index contributed by atoms with van der Waals surface area (Å²) in [6.07, 6.45) is -4.78. The molecule has 146 valence electrons. The normalized spacial score (nSPS) is 20.0. The number of anilines is 1. The summed E-state index contributed by atoms with van der Waals surface area (Å²) in [4.78, 5) is 12.4. The van der Waals surface area contributed by atoms with Crippen molar-refractivity contribution in [3.8, 4) is 0 Å². The summed E-state index contributed by atoms with van der Waals surface area (Å²) in [7, 11) is 0. The third-order valence-corrected chi connectivity index (χ3v) is 4.56. The number of hydrogen-bond donors (Lipinski definition) is 2. The van der Waals surface area contributed by atoms with Crippen LogP contribution in [0.4, 0.5) is 19.0 Å². The highest BCUT2D eigenvalue weighted by Crippen LogP contribution is 2.46. The van der Waals surface area contributed by atoms with Crippen LogP contribution in [0.25, 0.3) is 0 Å². The van der Waals surface area contributed by atoms with E-state index in [1.54, 1.807) is 51.1 Å². The second-order valence-electron chi connectivity index (χ2n) is 7.56. The van der Waals surface area contributed by atoms with Crippen molar-refractivity contribution in [1.82, 2.24) is 15.1 Å². The predicted molar refractivity (Wildman–Crippen MR) is 97.0 cm³/mol. The van der Waals surface area contributed by atoms with Gasteiger partial charge in [-0.25, -0.2) is 4.68 Å². The van der Waals surface area contributed by atoms with Crippen molar-refractivity contribution in [2.75, 3.05) is 5.32 Å². The molecule has 5 nitrogen and oxygen atoms in total. The molecule has 0 spiro atoms. The highest BCUT2D eigenvalue weighted by Gasteiger charge is 2.47. The molecule has 0 radical (unpaired) electrons. The number of benzene rings is 1. The molecule has 1 aliphatic rings. The molecule has 2 heterocycles. The van der Waals surface area contributed by atoms with E-state index in [9.17, 15) is 18.0 Å². The lowest BCUT2D eigenvalue weighted by Gasteiger charge is -2.33. The standard InChI is InChI=1S/C18H20ClF3N4O/c1-17(2,3)24-16(27)14-13(19)15-23-11(10-7-5-4-6-8-10)9-12(18(20,21)22)26(15)25-14/h4-8,11-12,23H,9H2,1-3H3,(H,24,27)/t11-,12-/m0/s1. The van der Waals surface area contributed by atoms with Crippen molar-refractivity contribution in [1.29, 1.82) is 0 Å². The first-order chi connectivity index (χ1) is 12.5. The number of rotatable bonds is 2. The van der Waals surface area contributed by atoms with Crippen LogP contribution in [0.1, 0.15) is 55.3 Å². The Hall–Kier alpha value is -2.22. The van der Waals surface area contributed by atoms with Crippen LogP contribution in [0.15, 0.2) is 30.3 Å². The molecule has 3 rings (SSSR count). The van der Waals surface area contributed by atoms with Gasteiger partial charge in [-0.2, -0.15) is 18.3 Å². The van der Waals surface area contributed by atoms with E-state index in [1.807, 2.05) is 0 Å². The Morgan fingerprint density at radius 3 is 2.44 bits per heavy atom. The number of nitrogens with zero attached hydrogens (tertiary/aromatic N) is 2. The predicted octanol–water partition coefficient (Wildman–Crippen LogP) is 4.73. The van der Waals surface area contributed by atoms with E-state index in [0.29, 0.717) is 5.56 Å². The number of nitrogens with one attached hydrogen (secondary N) is 2. The first kappa shape index (κ1) is 19.5. The fraction of sp³-hybridized carbons (Fsp3) is 0.444. The first-order valence-electron chi connectivity index (χ1n) is 8.46. The Balaban J connectivity index is 2.03. The van der Waals surface area contributed by atoms with Crippen LogP contribution >= 0.6 is 11.6 Å². The van der Waals surface area contributed by atoms with Gasteiger partial charge in [-0.15, -0.1) is 0 Å². The van der Waals surface area contributed by atoms with E-state index in [1.165, 1.54) is 0 Å². The molecule has 0 aliphatic carbocycles. The zero-order valence-corrected chi connectivity index (χ0v) is 15.8. The maximum Gasteiger partial charge on any atom is 0.410 e. The molecule has 0 unspecified atom stereocenters.